The minimum Gasteiger partial charge on any atom is -0.475 e. The molecule has 0 saturated carbocycles. The fourth-order valence-electron chi connectivity index (χ4n) is 2.56. The third-order valence-corrected chi connectivity index (χ3v) is 3.06. The number of para-hydroxylation sites is 1. The summed E-state index contributed by atoms with van der Waals surface area (Å²) in [4.78, 5) is 13.5. The zero-order valence-electron chi connectivity index (χ0n) is 12.4. The number of hydrogen-bond donors (Lipinski definition) is 1. The highest BCUT2D eigenvalue weighted by atomic mass is 16.4. The van der Waals surface area contributed by atoms with Gasteiger partial charge in [-0.05, 0) is 18.5 Å². The van der Waals surface area contributed by atoms with Gasteiger partial charge in [0.05, 0.1) is 0 Å². The van der Waals surface area contributed by atoms with Gasteiger partial charge in [-0.2, -0.15) is 0 Å². The van der Waals surface area contributed by atoms with Crippen LogP contribution in [0.25, 0.3) is 11.0 Å². The molecule has 4 heteroatoms. The minimum absolute atomic E-state index is 0.0481. The number of nitrogens with zero attached hydrogens (tertiary/aromatic N) is 1. The van der Waals surface area contributed by atoms with Crippen LogP contribution in [0.15, 0.2) is 28.7 Å². The molecule has 0 amide bonds. The van der Waals surface area contributed by atoms with Gasteiger partial charge in [0.25, 0.3) is 0 Å². The van der Waals surface area contributed by atoms with Crippen molar-refractivity contribution >= 4 is 16.9 Å². The monoisotopic (exact) mass is 275 g/mol. The number of fused-ring (bicyclic) bond motifs is 1. The van der Waals surface area contributed by atoms with Crippen molar-refractivity contribution in [2.45, 2.75) is 27.3 Å². The van der Waals surface area contributed by atoms with Crippen molar-refractivity contribution in [1.82, 2.24) is 4.90 Å². The van der Waals surface area contributed by atoms with Crippen LogP contribution in [-0.2, 0) is 6.54 Å². The van der Waals surface area contributed by atoms with Crippen LogP contribution in [0.4, 0.5) is 0 Å². The molecule has 4 nitrogen and oxygen atoms in total. The van der Waals surface area contributed by atoms with E-state index in [0.717, 1.165) is 17.5 Å². The lowest BCUT2D eigenvalue weighted by molar-refractivity contribution is 0.0661. The van der Waals surface area contributed by atoms with Crippen molar-refractivity contribution in [3.8, 4) is 0 Å². The van der Waals surface area contributed by atoms with E-state index >= 15 is 0 Å². The predicted molar refractivity (Wildman–Crippen MR) is 79.0 cm³/mol. The Morgan fingerprint density at radius 2 is 1.95 bits per heavy atom. The van der Waals surface area contributed by atoms with Crippen molar-refractivity contribution < 1.29 is 14.3 Å². The summed E-state index contributed by atoms with van der Waals surface area (Å²) in [5, 5.41) is 10.2. The van der Waals surface area contributed by atoms with E-state index in [1.54, 1.807) is 6.07 Å². The van der Waals surface area contributed by atoms with Crippen molar-refractivity contribution in [2.24, 2.45) is 5.41 Å². The van der Waals surface area contributed by atoms with Crippen molar-refractivity contribution in [2.75, 3.05) is 13.6 Å². The molecule has 108 valence electrons. The molecule has 1 aromatic carbocycles. The van der Waals surface area contributed by atoms with Gasteiger partial charge in [0, 0.05) is 24.0 Å². The Labute approximate surface area is 119 Å². The molecule has 1 aromatic heterocycles. The SMILES string of the molecule is CN(Cc1c(C(=O)O)oc2ccccc12)CC(C)(C)C. The Morgan fingerprint density at radius 1 is 1.30 bits per heavy atom. The summed E-state index contributed by atoms with van der Waals surface area (Å²) in [6, 6.07) is 7.46. The number of rotatable bonds is 4. The van der Waals surface area contributed by atoms with Crippen molar-refractivity contribution in [1.29, 1.82) is 0 Å². The van der Waals surface area contributed by atoms with Gasteiger partial charge in [-0.15, -0.1) is 0 Å². The zero-order valence-corrected chi connectivity index (χ0v) is 12.4. The maximum absolute atomic E-state index is 11.3. The fraction of sp³-hybridized carbons (Fsp3) is 0.438. The van der Waals surface area contributed by atoms with Gasteiger partial charge in [0.1, 0.15) is 5.58 Å². The average molecular weight is 275 g/mol. The lowest BCUT2D eigenvalue weighted by Gasteiger charge is -2.26. The highest BCUT2D eigenvalue weighted by Gasteiger charge is 2.22. The van der Waals surface area contributed by atoms with Crippen LogP contribution in [0.5, 0.6) is 0 Å². The molecule has 0 saturated heterocycles. The molecule has 0 aliphatic rings. The van der Waals surface area contributed by atoms with Crippen LogP contribution in [0, 0.1) is 5.41 Å². The van der Waals surface area contributed by atoms with Crippen LogP contribution in [0.1, 0.15) is 36.9 Å². The molecule has 0 bridgehead atoms. The second-order valence-corrected chi connectivity index (χ2v) is 6.44. The van der Waals surface area contributed by atoms with E-state index < -0.39 is 5.97 Å². The van der Waals surface area contributed by atoms with E-state index in [4.69, 9.17) is 4.42 Å². The summed E-state index contributed by atoms with van der Waals surface area (Å²) >= 11 is 0. The molecule has 0 aliphatic heterocycles. The minimum atomic E-state index is -1.01. The quantitative estimate of drug-likeness (QED) is 0.926. The van der Waals surface area contributed by atoms with E-state index in [1.165, 1.54) is 0 Å². The summed E-state index contributed by atoms with van der Waals surface area (Å²) in [6.45, 7) is 7.93. The van der Waals surface area contributed by atoms with Crippen molar-refractivity contribution in [3.05, 3.63) is 35.6 Å². The lowest BCUT2D eigenvalue weighted by atomic mass is 9.96. The second kappa shape index (κ2) is 5.29. The summed E-state index contributed by atoms with van der Waals surface area (Å²) in [7, 11) is 2.00. The van der Waals surface area contributed by atoms with Gasteiger partial charge >= 0.3 is 5.97 Å². The first-order valence-electron chi connectivity index (χ1n) is 6.70. The number of benzene rings is 1. The van der Waals surface area contributed by atoms with E-state index in [0.29, 0.717) is 12.1 Å². The number of carboxylic acids is 1. The Kier molecular flexibility index (Phi) is 3.86. The molecule has 0 aliphatic carbocycles. The van der Waals surface area contributed by atoms with E-state index in [2.05, 4.69) is 25.7 Å². The van der Waals surface area contributed by atoms with Gasteiger partial charge in [0.15, 0.2) is 0 Å². The van der Waals surface area contributed by atoms with Crippen LogP contribution in [-0.4, -0.2) is 29.6 Å². The number of hydrogen-bond acceptors (Lipinski definition) is 3. The summed E-state index contributed by atoms with van der Waals surface area (Å²) in [5.74, 6) is -0.965. The highest BCUT2D eigenvalue weighted by molar-refractivity contribution is 5.95. The summed E-state index contributed by atoms with van der Waals surface area (Å²) in [5.41, 5.74) is 1.54. The maximum atomic E-state index is 11.3. The molecule has 2 aromatic rings. The molecule has 2 rings (SSSR count). The predicted octanol–water partition coefficient (Wildman–Crippen LogP) is 3.61. The van der Waals surface area contributed by atoms with Gasteiger partial charge in [-0.1, -0.05) is 39.0 Å². The largest absolute Gasteiger partial charge is 0.475 e. The molecule has 0 unspecified atom stereocenters. The third kappa shape index (κ3) is 3.20. The van der Waals surface area contributed by atoms with Crippen LogP contribution < -0.4 is 0 Å². The average Bonchev–Trinajstić information content (AvgIpc) is 2.66. The van der Waals surface area contributed by atoms with E-state index in [1.807, 2.05) is 25.2 Å². The zero-order chi connectivity index (χ0) is 14.9. The smallest absolute Gasteiger partial charge is 0.372 e. The topological polar surface area (TPSA) is 53.7 Å². The maximum Gasteiger partial charge on any atom is 0.372 e. The standard InChI is InChI=1S/C16H21NO3/c1-16(2,3)10-17(4)9-12-11-7-5-6-8-13(11)20-14(12)15(18)19/h5-8H,9-10H2,1-4H3,(H,18,19). The molecule has 1 heterocycles. The molecule has 1 N–H and O–H groups in total. The number of carbonyl (C=O) groups is 1. The van der Waals surface area contributed by atoms with E-state index in [-0.39, 0.29) is 11.2 Å². The normalized spacial score (nSPS) is 12.2. The Balaban J connectivity index is 2.37. The molecule has 0 fully saturated rings. The van der Waals surface area contributed by atoms with Crippen LogP contribution >= 0.6 is 0 Å². The van der Waals surface area contributed by atoms with Gasteiger partial charge < -0.3 is 14.4 Å². The first-order chi connectivity index (χ1) is 9.28. The summed E-state index contributed by atoms with van der Waals surface area (Å²) in [6.07, 6.45) is 0. The van der Waals surface area contributed by atoms with Gasteiger partial charge in [-0.25, -0.2) is 4.79 Å². The second-order valence-electron chi connectivity index (χ2n) is 6.44. The third-order valence-electron chi connectivity index (χ3n) is 3.06. The van der Waals surface area contributed by atoms with Crippen LogP contribution in [0.3, 0.4) is 0 Å². The lowest BCUT2D eigenvalue weighted by Crippen LogP contribution is -2.29. The highest BCUT2D eigenvalue weighted by Crippen LogP contribution is 2.27. The summed E-state index contributed by atoms with van der Waals surface area (Å²) < 4.78 is 5.47. The molecular formula is C16H21NO3. The number of carboxylic acid groups (broad SMARTS) is 1. The molecule has 0 spiro atoms. The van der Waals surface area contributed by atoms with Crippen LogP contribution in [0.2, 0.25) is 0 Å². The number of aromatic carboxylic acids is 1. The Morgan fingerprint density at radius 3 is 2.55 bits per heavy atom. The number of furan rings is 1. The van der Waals surface area contributed by atoms with Gasteiger partial charge in [0.2, 0.25) is 5.76 Å². The fourth-order valence-corrected chi connectivity index (χ4v) is 2.56. The van der Waals surface area contributed by atoms with Gasteiger partial charge in [-0.3, -0.25) is 0 Å². The Hall–Kier alpha value is -1.81. The van der Waals surface area contributed by atoms with Crippen molar-refractivity contribution in [3.63, 3.8) is 0 Å². The molecular weight excluding hydrogens is 254 g/mol. The molecule has 20 heavy (non-hydrogen) atoms. The molecule has 0 radical (unpaired) electrons. The molecule has 0 atom stereocenters. The first-order valence-corrected chi connectivity index (χ1v) is 6.70. The first kappa shape index (κ1) is 14.6. The van der Waals surface area contributed by atoms with E-state index in [9.17, 15) is 9.90 Å². The Bertz CT molecular complexity index is 622.